The molecule has 2 aliphatic carbocycles. The van der Waals surface area contributed by atoms with Crippen LogP contribution < -0.4 is 10.6 Å². The Morgan fingerprint density at radius 1 is 1.03 bits per heavy atom. The number of amides is 2. The first-order valence-electron chi connectivity index (χ1n) is 12.1. The predicted octanol–water partition coefficient (Wildman–Crippen LogP) is 4.41. The van der Waals surface area contributed by atoms with E-state index in [1.165, 1.54) is 11.8 Å². The zero-order valence-electron chi connectivity index (χ0n) is 19.9. The van der Waals surface area contributed by atoms with Gasteiger partial charge in [0.2, 0.25) is 5.91 Å². The van der Waals surface area contributed by atoms with Crippen molar-refractivity contribution < 1.29 is 24.2 Å². The third kappa shape index (κ3) is 5.81. The molecule has 8 heteroatoms. The molecule has 2 aromatic rings. The SMILES string of the molecule is CSCC[C@H](NC(=O)[C@@H]1CCCC[C@@H]1NC(=O)OCC1c2ccccc2-c2ccccc21)C(=O)O. The Bertz CT molecular complexity index is 1030. The number of fused-ring (bicyclic) bond motifs is 3. The second-order valence-corrected chi connectivity index (χ2v) is 10.1. The summed E-state index contributed by atoms with van der Waals surface area (Å²) in [6.07, 6.45) is 4.74. The summed E-state index contributed by atoms with van der Waals surface area (Å²) in [6, 6.07) is 15.0. The number of carboxylic acid groups (broad SMARTS) is 1. The van der Waals surface area contributed by atoms with Gasteiger partial charge in [0.05, 0.1) is 5.92 Å². The minimum atomic E-state index is -1.04. The van der Waals surface area contributed by atoms with E-state index in [-0.39, 0.29) is 24.5 Å². The van der Waals surface area contributed by atoms with E-state index in [1.807, 2.05) is 30.5 Å². The van der Waals surface area contributed by atoms with E-state index in [0.29, 0.717) is 25.0 Å². The van der Waals surface area contributed by atoms with Crippen LogP contribution in [0.4, 0.5) is 4.79 Å². The highest BCUT2D eigenvalue weighted by molar-refractivity contribution is 7.98. The lowest BCUT2D eigenvalue weighted by molar-refractivity contribution is -0.142. The van der Waals surface area contributed by atoms with E-state index < -0.39 is 24.0 Å². The molecule has 3 N–H and O–H groups in total. The fourth-order valence-electron chi connectivity index (χ4n) is 5.18. The lowest BCUT2D eigenvalue weighted by Gasteiger charge is -2.31. The highest BCUT2D eigenvalue weighted by Gasteiger charge is 2.35. The van der Waals surface area contributed by atoms with Crippen LogP contribution in [-0.2, 0) is 14.3 Å². The molecule has 2 aliphatic rings. The molecule has 0 aromatic heterocycles. The fourth-order valence-corrected chi connectivity index (χ4v) is 5.65. The zero-order chi connectivity index (χ0) is 24.8. The molecule has 3 atom stereocenters. The van der Waals surface area contributed by atoms with Crippen LogP contribution in [0.1, 0.15) is 49.1 Å². The molecular weight excluding hydrogens is 464 g/mol. The van der Waals surface area contributed by atoms with Crippen LogP contribution in [0.5, 0.6) is 0 Å². The van der Waals surface area contributed by atoms with Crippen LogP contribution in [0.2, 0.25) is 0 Å². The lowest BCUT2D eigenvalue weighted by Crippen LogP contribution is -2.52. The number of carboxylic acids is 1. The first kappa shape index (κ1) is 25.1. The molecule has 0 bridgehead atoms. The average molecular weight is 497 g/mol. The quantitative estimate of drug-likeness (QED) is 0.475. The van der Waals surface area contributed by atoms with Crippen LogP contribution in [0, 0.1) is 5.92 Å². The van der Waals surface area contributed by atoms with Crippen LogP contribution >= 0.6 is 11.8 Å². The number of thioether (sulfide) groups is 1. The van der Waals surface area contributed by atoms with Crippen molar-refractivity contribution in [1.82, 2.24) is 10.6 Å². The summed E-state index contributed by atoms with van der Waals surface area (Å²) in [5.41, 5.74) is 4.61. The van der Waals surface area contributed by atoms with Gasteiger partial charge in [-0.05, 0) is 53.5 Å². The molecule has 4 rings (SSSR count). The van der Waals surface area contributed by atoms with Crippen molar-refractivity contribution in [3.8, 4) is 11.1 Å². The van der Waals surface area contributed by atoms with Crippen molar-refractivity contribution in [2.24, 2.45) is 5.92 Å². The number of alkyl carbamates (subject to hydrolysis) is 1. The van der Waals surface area contributed by atoms with Crippen molar-refractivity contribution in [2.75, 3.05) is 18.6 Å². The number of carbonyl (C=O) groups excluding carboxylic acids is 2. The van der Waals surface area contributed by atoms with Gasteiger partial charge in [-0.3, -0.25) is 4.79 Å². The summed E-state index contributed by atoms with van der Waals surface area (Å²) in [6.45, 7) is 0.208. The summed E-state index contributed by atoms with van der Waals surface area (Å²) in [7, 11) is 0. The molecule has 186 valence electrons. The Morgan fingerprint density at radius 3 is 2.29 bits per heavy atom. The summed E-state index contributed by atoms with van der Waals surface area (Å²) < 4.78 is 5.66. The summed E-state index contributed by atoms with van der Waals surface area (Å²) in [5.74, 6) is -1.22. The largest absolute Gasteiger partial charge is 0.480 e. The molecule has 2 amide bonds. The van der Waals surface area contributed by atoms with Gasteiger partial charge < -0.3 is 20.5 Å². The molecule has 0 saturated heterocycles. The predicted molar refractivity (Wildman–Crippen MR) is 137 cm³/mol. The van der Waals surface area contributed by atoms with Gasteiger partial charge in [0, 0.05) is 12.0 Å². The number of hydrogen-bond donors (Lipinski definition) is 3. The Balaban J connectivity index is 1.37. The highest BCUT2D eigenvalue weighted by Crippen LogP contribution is 2.44. The molecule has 0 aliphatic heterocycles. The van der Waals surface area contributed by atoms with Gasteiger partial charge in [0.25, 0.3) is 0 Å². The van der Waals surface area contributed by atoms with E-state index in [4.69, 9.17) is 4.74 Å². The molecular formula is C27H32N2O5S. The third-order valence-corrected chi connectivity index (χ3v) is 7.62. The minimum absolute atomic E-state index is 0.0358. The standard InChI is InChI=1S/C27H32N2O5S/c1-35-15-14-24(26(31)32)28-25(30)21-12-6-7-13-23(21)29-27(33)34-16-22-19-10-4-2-8-17(19)18-9-3-5-11-20(18)22/h2-5,8-11,21-24H,6-7,12-16H2,1H3,(H,28,30)(H,29,33)(H,31,32)/t21-,23+,24+/m1/s1. The maximum absolute atomic E-state index is 12.9. The van der Waals surface area contributed by atoms with Gasteiger partial charge in [-0.1, -0.05) is 61.4 Å². The van der Waals surface area contributed by atoms with Crippen molar-refractivity contribution in [1.29, 1.82) is 0 Å². The summed E-state index contributed by atoms with van der Waals surface area (Å²) >= 11 is 1.54. The molecule has 2 aromatic carbocycles. The number of carbonyl (C=O) groups is 3. The van der Waals surface area contributed by atoms with Crippen LogP contribution in [0.25, 0.3) is 11.1 Å². The second-order valence-electron chi connectivity index (χ2n) is 9.15. The smallest absolute Gasteiger partial charge is 0.407 e. The van der Waals surface area contributed by atoms with Crippen LogP contribution in [-0.4, -0.2) is 53.8 Å². The molecule has 1 fully saturated rings. The number of rotatable bonds is 9. The van der Waals surface area contributed by atoms with Crippen molar-refractivity contribution in [3.05, 3.63) is 59.7 Å². The lowest BCUT2D eigenvalue weighted by atomic mass is 9.83. The minimum Gasteiger partial charge on any atom is -0.480 e. The fraction of sp³-hybridized carbons (Fsp3) is 0.444. The van der Waals surface area contributed by atoms with Gasteiger partial charge in [0.1, 0.15) is 12.6 Å². The second kappa shape index (κ2) is 11.6. The average Bonchev–Trinajstić information content (AvgIpc) is 3.19. The number of aliphatic carboxylic acids is 1. The Labute approximate surface area is 210 Å². The summed E-state index contributed by atoms with van der Waals surface area (Å²) in [4.78, 5) is 37.3. The van der Waals surface area contributed by atoms with Gasteiger partial charge >= 0.3 is 12.1 Å². The van der Waals surface area contributed by atoms with Crippen LogP contribution in [0.15, 0.2) is 48.5 Å². The van der Waals surface area contributed by atoms with E-state index in [1.54, 1.807) is 0 Å². The molecule has 0 radical (unpaired) electrons. The normalized spacial score (nSPS) is 19.8. The third-order valence-electron chi connectivity index (χ3n) is 6.97. The molecule has 0 unspecified atom stereocenters. The molecule has 7 nitrogen and oxygen atoms in total. The maximum Gasteiger partial charge on any atom is 0.407 e. The highest BCUT2D eigenvalue weighted by atomic mass is 32.2. The Hall–Kier alpha value is -3.00. The van der Waals surface area contributed by atoms with Crippen molar-refractivity contribution >= 4 is 29.7 Å². The topological polar surface area (TPSA) is 105 Å². The Morgan fingerprint density at radius 2 is 1.66 bits per heavy atom. The summed E-state index contributed by atoms with van der Waals surface area (Å²) in [5, 5.41) is 15.0. The first-order chi connectivity index (χ1) is 17.0. The van der Waals surface area contributed by atoms with Gasteiger partial charge in [-0.15, -0.1) is 0 Å². The number of ether oxygens (including phenoxy) is 1. The molecule has 35 heavy (non-hydrogen) atoms. The van der Waals surface area contributed by atoms with Crippen LogP contribution in [0.3, 0.4) is 0 Å². The number of nitrogens with one attached hydrogen (secondary N) is 2. The van der Waals surface area contributed by atoms with E-state index in [2.05, 4.69) is 34.9 Å². The monoisotopic (exact) mass is 496 g/mol. The van der Waals surface area contributed by atoms with Crippen molar-refractivity contribution in [2.45, 2.75) is 50.1 Å². The van der Waals surface area contributed by atoms with E-state index >= 15 is 0 Å². The number of hydrogen-bond acceptors (Lipinski definition) is 5. The Kier molecular flexibility index (Phi) is 8.33. The zero-order valence-corrected chi connectivity index (χ0v) is 20.7. The van der Waals surface area contributed by atoms with Gasteiger partial charge in [0.15, 0.2) is 0 Å². The molecule has 1 saturated carbocycles. The molecule has 0 spiro atoms. The molecule has 0 heterocycles. The van der Waals surface area contributed by atoms with E-state index in [9.17, 15) is 19.5 Å². The van der Waals surface area contributed by atoms with Crippen molar-refractivity contribution in [3.63, 3.8) is 0 Å². The van der Waals surface area contributed by atoms with Gasteiger partial charge in [-0.25, -0.2) is 9.59 Å². The maximum atomic E-state index is 12.9. The van der Waals surface area contributed by atoms with E-state index in [0.717, 1.165) is 35.1 Å². The number of benzene rings is 2. The van der Waals surface area contributed by atoms with Gasteiger partial charge in [-0.2, -0.15) is 11.8 Å². The first-order valence-corrected chi connectivity index (χ1v) is 13.5.